The molecule has 3 heteroatoms. The number of nitriles is 1. The van der Waals surface area contributed by atoms with Crippen LogP contribution in [0.5, 0.6) is 5.75 Å². The van der Waals surface area contributed by atoms with Crippen LogP contribution in [0, 0.1) is 16.7 Å². The standard InChI is InChI=1S/C15H22N2O/c1-6-11-7-8-13(18-5)12(9-11)14(17-4)15(2,3)10-16/h7-9,14,17H,6H2,1-5H3. The minimum absolute atomic E-state index is 0.0519. The maximum atomic E-state index is 9.32. The molecular weight excluding hydrogens is 224 g/mol. The predicted octanol–water partition coefficient (Wildman–Crippen LogP) is 3.07. The highest BCUT2D eigenvalue weighted by Gasteiger charge is 2.31. The zero-order chi connectivity index (χ0) is 13.8. The number of nitrogens with zero attached hydrogens (tertiary/aromatic N) is 1. The maximum absolute atomic E-state index is 9.32. The van der Waals surface area contributed by atoms with Gasteiger partial charge in [-0.2, -0.15) is 5.26 Å². The van der Waals surface area contributed by atoms with E-state index in [-0.39, 0.29) is 6.04 Å². The molecule has 1 rings (SSSR count). The molecular formula is C15H22N2O. The smallest absolute Gasteiger partial charge is 0.123 e. The molecule has 0 spiro atoms. The van der Waals surface area contributed by atoms with Crippen molar-refractivity contribution in [3.63, 3.8) is 0 Å². The van der Waals surface area contributed by atoms with Crippen molar-refractivity contribution < 1.29 is 4.74 Å². The van der Waals surface area contributed by atoms with Crippen molar-refractivity contribution in [2.24, 2.45) is 5.41 Å². The third kappa shape index (κ3) is 2.83. The fourth-order valence-corrected chi connectivity index (χ4v) is 2.20. The van der Waals surface area contributed by atoms with Crippen LogP contribution < -0.4 is 10.1 Å². The van der Waals surface area contributed by atoms with Gasteiger partial charge in [-0.1, -0.05) is 19.1 Å². The van der Waals surface area contributed by atoms with Crippen molar-refractivity contribution in [1.29, 1.82) is 5.26 Å². The van der Waals surface area contributed by atoms with Gasteiger partial charge in [-0.15, -0.1) is 0 Å². The molecule has 1 aromatic rings. The van der Waals surface area contributed by atoms with Crippen LogP contribution in [0.2, 0.25) is 0 Å². The molecule has 0 aromatic heterocycles. The molecule has 18 heavy (non-hydrogen) atoms. The zero-order valence-corrected chi connectivity index (χ0v) is 11.9. The van der Waals surface area contributed by atoms with E-state index in [0.29, 0.717) is 0 Å². The van der Waals surface area contributed by atoms with Gasteiger partial charge in [-0.3, -0.25) is 0 Å². The Labute approximate surface area is 110 Å². The van der Waals surface area contributed by atoms with Crippen LogP contribution >= 0.6 is 0 Å². The molecule has 0 amide bonds. The average Bonchev–Trinajstić information content (AvgIpc) is 2.39. The lowest BCUT2D eigenvalue weighted by atomic mass is 9.81. The van der Waals surface area contributed by atoms with E-state index in [9.17, 15) is 5.26 Å². The van der Waals surface area contributed by atoms with Gasteiger partial charge in [0.15, 0.2) is 0 Å². The van der Waals surface area contributed by atoms with Crippen molar-refractivity contribution in [2.45, 2.75) is 33.2 Å². The van der Waals surface area contributed by atoms with Gasteiger partial charge < -0.3 is 10.1 Å². The Kier molecular flexibility index (Phi) is 4.75. The Hall–Kier alpha value is -1.53. The van der Waals surface area contributed by atoms with Crippen LogP contribution in [0.25, 0.3) is 0 Å². The van der Waals surface area contributed by atoms with Crippen molar-refractivity contribution in [3.8, 4) is 11.8 Å². The van der Waals surface area contributed by atoms with E-state index in [1.807, 2.05) is 27.0 Å². The second-order valence-electron chi connectivity index (χ2n) is 4.99. The molecule has 0 saturated heterocycles. The molecule has 0 heterocycles. The van der Waals surface area contributed by atoms with E-state index < -0.39 is 5.41 Å². The Balaban J connectivity index is 3.32. The number of hydrogen-bond acceptors (Lipinski definition) is 3. The number of benzene rings is 1. The van der Waals surface area contributed by atoms with E-state index in [1.54, 1.807) is 7.11 Å². The zero-order valence-electron chi connectivity index (χ0n) is 11.9. The van der Waals surface area contributed by atoms with Crippen LogP contribution in [0.1, 0.15) is 37.9 Å². The van der Waals surface area contributed by atoms with E-state index in [4.69, 9.17) is 4.74 Å². The average molecular weight is 246 g/mol. The molecule has 0 radical (unpaired) electrons. The SMILES string of the molecule is CCc1ccc(OC)c(C(NC)C(C)(C)C#N)c1. The first kappa shape index (κ1) is 14.5. The Morgan fingerprint density at radius 1 is 1.44 bits per heavy atom. The third-order valence-corrected chi connectivity index (χ3v) is 3.31. The van der Waals surface area contributed by atoms with Gasteiger partial charge in [0.25, 0.3) is 0 Å². The van der Waals surface area contributed by atoms with Crippen molar-refractivity contribution in [2.75, 3.05) is 14.2 Å². The summed E-state index contributed by atoms with van der Waals surface area (Å²) < 4.78 is 5.42. The summed E-state index contributed by atoms with van der Waals surface area (Å²) >= 11 is 0. The first-order valence-electron chi connectivity index (χ1n) is 6.25. The summed E-state index contributed by atoms with van der Waals surface area (Å²) in [5.74, 6) is 0.829. The minimum Gasteiger partial charge on any atom is -0.496 e. The van der Waals surface area contributed by atoms with Gasteiger partial charge in [-0.05, 0) is 38.9 Å². The molecule has 3 nitrogen and oxygen atoms in total. The molecule has 0 saturated carbocycles. The quantitative estimate of drug-likeness (QED) is 0.868. The minimum atomic E-state index is -0.492. The van der Waals surface area contributed by atoms with Gasteiger partial charge in [0.05, 0.1) is 24.6 Å². The highest BCUT2D eigenvalue weighted by Crippen LogP contribution is 2.37. The summed E-state index contributed by atoms with van der Waals surface area (Å²) in [7, 11) is 3.54. The fourth-order valence-electron chi connectivity index (χ4n) is 2.20. The van der Waals surface area contributed by atoms with Gasteiger partial charge in [-0.25, -0.2) is 0 Å². The molecule has 0 aliphatic heterocycles. The number of nitrogens with one attached hydrogen (secondary N) is 1. The number of aryl methyl sites for hydroxylation is 1. The second-order valence-corrected chi connectivity index (χ2v) is 4.99. The van der Waals surface area contributed by atoms with Gasteiger partial charge >= 0.3 is 0 Å². The highest BCUT2D eigenvalue weighted by molar-refractivity contribution is 5.41. The van der Waals surface area contributed by atoms with Crippen LogP contribution in [0.3, 0.4) is 0 Å². The lowest BCUT2D eigenvalue weighted by Crippen LogP contribution is -2.31. The normalized spacial score (nSPS) is 12.9. The molecule has 0 aliphatic rings. The Bertz CT molecular complexity index is 446. The van der Waals surface area contributed by atoms with Gasteiger partial charge in [0.2, 0.25) is 0 Å². The Morgan fingerprint density at radius 2 is 2.11 bits per heavy atom. The predicted molar refractivity (Wildman–Crippen MR) is 73.6 cm³/mol. The fraction of sp³-hybridized carbons (Fsp3) is 0.533. The molecule has 98 valence electrons. The summed E-state index contributed by atoms with van der Waals surface area (Å²) in [4.78, 5) is 0. The van der Waals surface area contributed by atoms with E-state index in [0.717, 1.165) is 17.7 Å². The van der Waals surface area contributed by atoms with Crippen LogP contribution in [0.15, 0.2) is 18.2 Å². The van der Waals surface area contributed by atoms with Crippen molar-refractivity contribution in [1.82, 2.24) is 5.32 Å². The van der Waals surface area contributed by atoms with E-state index in [1.165, 1.54) is 5.56 Å². The number of methoxy groups -OCH3 is 1. The summed E-state index contributed by atoms with van der Waals surface area (Å²) in [6.07, 6.45) is 0.973. The lowest BCUT2D eigenvalue weighted by molar-refractivity contribution is 0.326. The molecule has 1 N–H and O–H groups in total. The molecule has 1 atom stereocenters. The first-order valence-corrected chi connectivity index (χ1v) is 6.25. The van der Waals surface area contributed by atoms with E-state index >= 15 is 0 Å². The van der Waals surface area contributed by atoms with Crippen LogP contribution in [0.4, 0.5) is 0 Å². The van der Waals surface area contributed by atoms with Crippen molar-refractivity contribution >= 4 is 0 Å². The summed E-state index contributed by atoms with van der Waals surface area (Å²) in [5, 5.41) is 12.5. The maximum Gasteiger partial charge on any atom is 0.123 e. The summed E-state index contributed by atoms with van der Waals surface area (Å²) in [6, 6.07) is 8.48. The molecule has 1 aromatic carbocycles. The molecule has 0 aliphatic carbocycles. The largest absolute Gasteiger partial charge is 0.496 e. The highest BCUT2D eigenvalue weighted by atomic mass is 16.5. The summed E-state index contributed by atoms with van der Waals surface area (Å²) in [5.41, 5.74) is 1.81. The second kappa shape index (κ2) is 5.88. The topological polar surface area (TPSA) is 45.0 Å². The molecule has 0 bridgehead atoms. The van der Waals surface area contributed by atoms with Crippen LogP contribution in [-0.2, 0) is 6.42 Å². The molecule has 0 fully saturated rings. The number of rotatable bonds is 5. The van der Waals surface area contributed by atoms with Gasteiger partial charge in [0.1, 0.15) is 5.75 Å². The Morgan fingerprint density at radius 3 is 2.56 bits per heavy atom. The monoisotopic (exact) mass is 246 g/mol. The van der Waals surface area contributed by atoms with E-state index in [2.05, 4.69) is 30.4 Å². The van der Waals surface area contributed by atoms with Gasteiger partial charge in [0, 0.05) is 5.56 Å². The summed E-state index contributed by atoms with van der Waals surface area (Å²) in [6.45, 7) is 5.99. The number of ether oxygens (including phenoxy) is 1. The molecule has 1 unspecified atom stereocenters. The third-order valence-electron chi connectivity index (χ3n) is 3.31. The number of hydrogen-bond donors (Lipinski definition) is 1. The first-order chi connectivity index (χ1) is 8.50. The van der Waals surface area contributed by atoms with Crippen molar-refractivity contribution in [3.05, 3.63) is 29.3 Å². The van der Waals surface area contributed by atoms with Crippen LogP contribution in [-0.4, -0.2) is 14.2 Å². The lowest BCUT2D eigenvalue weighted by Gasteiger charge is -2.29.